The first-order chi connectivity index (χ1) is 10.2. The maximum absolute atomic E-state index is 6.10. The van der Waals surface area contributed by atoms with Gasteiger partial charge in [0.1, 0.15) is 5.82 Å². The number of nitrogen functional groups attached to an aromatic ring is 1. The van der Waals surface area contributed by atoms with Crippen molar-refractivity contribution in [3.8, 4) is 11.5 Å². The van der Waals surface area contributed by atoms with Gasteiger partial charge in [-0.05, 0) is 6.07 Å². The minimum Gasteiger partial charge on any atom is -0.493 e. The van der Waals surface area contributed by atoms with Crippen molar-refractivity contribution >= 4 is 46.8 Å². The molecule has 120 valence electrons. The van der Waals surface area contributed by atoms with Crippen LogP contribution in [0.5, 0.6) is 11.5 Å². The number of hydrogen-bond acceptors (Lipinski definition) is 7. The number of hydrogen-bond donors (Lipinski definition) is 1. The second-order valence-electron chi connectivity index (χ2n) is 4.73. The predicted octanol–water partition coefficient (Wildman–Crippen LogP) is 2.20. The average molecular weight is 343 g/mol. The summed E-state index contributed by atoms with van der Waals surface area (Å²) in [5, 5.41) is 0.780. The number of benzene rings is 1. The van der Waals surface area contributed by atoms with E-state index in [-0.39, 0.29) is 12.4 Å². The second-order valence-corrected chi connectivity index (χ2v) is 5.96. The molecule has 3 rings (SSSR count). The fourth-order valence-electron chi connectivity index (χ4n) is 2.37. The summed E-state index contributed by atoms with van der Waals surface area (Å²) in [6, 6.07) is 3.66. The van der Waals surface area contributed by atoms with Gasteiger partial charge in [-0.25, -0.2) is 4.98 Å². The van der Waals surface area contributed by atoms with Crippen molar-refractivity contribution in [2.45, 2.75) is 0 Å². The monoisotopic (exact) mass is 342 g/mol. The lowest BCUT2D eigenvalue weighted by molar-refractivity contribution is 0.356. The summed E-state index contributed by atoms with van der Waals surface area (Å²) in [6.07, 6.45) is 0. The summed E-state index contributed by atoms with van der Waals surface area (Å²) in [7, 11) is 3.21. The molecule has 0 saturated carbocycles. The third-order valence-corrected chi connectivity index (χ3v) is 4.46. The zero-order valence-corrected chi connectivity index (χ0v) is 14.2. The van der Waals surface area contributed by atoms with E-state index in [1.807, 2.05) is 23.9 Å². The van der Waals surface area contributed by atoms with E-state index in [1.54, 1.807) is 14.2 Å². The first-order valence-electron chi connectivity index (χ1n) is 6.75. The van der Waals surface area contributed by atoms with E-state index in [9.17, 15) is 0 Å². The number of thioether (sulfide) groups is 1. The number of anilines is 2. The molecule has 1 fully saturated rings. The molecule has 22 heavy (non-hydrogen) atoms. The van der Waals surface area contributed by atoms with Gasteiger partial charge < -0.3 is 20.1 Å². The Balaban J connectivity index is 0.00000176. The Labute approximate surface area is 139 Å². The summed E-state index contributed by atoms with van der Waals surface area (Å²) in [5.41, 5.74) is 6.87. The maximum Gasteiger partial charge on any atom is 0.227 e. The third kappa shape index (κ3) is 3.10. The molecule has 0 radical (unpaired) electrons. The highest BCUT2D eigenvalue weighted by atomic mass is 35.5. The Morgan fingerprint density at radius 3 is 2.36 bits per heavy atom. The van der Waals surface area contributed by atoms with E-state index in [1.165, 1.54) is 0 Å². The van der Waals surface area contributed by atoms with Gasteiger partial charge in [0.2, 0.25) is 5.95 Å². The van der Waals surface area contributed by atoms with Crippen molar-refractivity contribution in [1.82, 2.24) is 9.97 Å². The molecule has 8 heteroatoms. The standard InChI is InChI=1S/C14H18N4O2S.ClH/c1-19-11-7-9-10(8-12(11)20-2)16-14(17-13(9)15)18-3-5-21-6-4-18;/h7-8H,3-6H2,1-2H3,(H2,15,16,17);1H. The van der Waals surface area contributed by atoms with Crippen LogP contribution in [0.3, 0.4) is 0 Å². The largest absolute Gasteiger partial charge is 0.493 e. The molecule has 2 heterocycles. The molecule has 0 amide bonds. The van der Waals surface area contributed by atoms with Gasteiger partial charge >= 0.3 is 0 Å². The van der Waals surface area contributed by atoms with Crippen LogP contribution in [0.1, 0.15) is 0 Å². The second kappa shape index (κ2) is 7.11. The molecule has 6 nitrogen and oxygen atoms in total. The van der Waals surface area contributed by atoms with E-state index in [0.29, 0.717) is 23.3 Å². The van der Waals surface area contributed by atoms with Gasteiger partial charge in [-0.1, -0.05) is 0 Å². The van der Waals surface area contributed by atoms with Gasteiger partial charge in [-0.3, -0.25) is 0 Å². The van der Waals surface area contributed by atoms with Crippen molar-refractivity contribution < 1.29 is 9.47 Å². The molecule has 1 aliphatic heterocycles. The number of aromatic nitrogens is 2. The lowest BCUT2D eigenvalue weighted by atomic mass is 10.2. The van der Waals surface area contributed by atoms with Gasteiger partial charge in [-0.15, -0.1) is 12.4 Å². The summed E-state index contributed by atoms with van der Waals surface area (Å²) in [6.45, 7) is 1.89. The SMILES string of the molecule is COc1cc2nc(N3CCSCC3)nc(N)c2cc1OC.Cl. The fourth-order valence-corrected chi connectivity index (χ4v) is 3.27. The first kappa shape index (κ1) is 16.8. The van der Waals surface area contributed by atoms with Crippen molar-refractivity contribution in [3.05, 3.63) is 12.1 Å². The highest BCUT2D eigenvalue weighted by Crippen LogP contribution is 2.34. The number of nitrogens with two attached hydrogens (primary N) is 1. The van der Waals surface area contributed by atoms with Crippen LogP contribution in [0.4, 0.5) is 11.8 Å². The van der Waals surface area contributed by atoms with Crippen LogP contribution < -0.4 is 20.1 Å². The molecule has 2 N–H and O–H groups in total. The molecule has 1 aliphatic rings. The van der Waals surface area contributed by atoms with Crippen molar-refractivity contribution in [3.63, 3.8) is 0 Å². The highest BCUT2D eigenvalue weighted by Gasteiger charge is 2.17. The van der Waals surface area contributed by atoms with Crippen LogP contribution in [0.25, 0.3) is 10.9 Å². The first-order valence-corrected chi connectivity index (χ1v) is 7.90. The van der Waals surface area contributed by atoms with Crippen LogP contribution in [0.2, 0.25) is 0 Å². The summed E-state index contributed by atoms with van der Waals surface area (Å²) >= 11 is 1.95. The number of halogens is 1. The van der Waals surface area contributed by atoms with Gasteiger partial charge in [0.05, 0.1) is 19.7 Å². The topological polar surface area (TPSA) is 73.5 Å². The van der Waals surface area contributed by atoms with Crippen LogP contribution in [0, 0.1) is 0 Å². The molecule has 1 aromatic carbocycles. The fraction of sp³-hybridized carbons (Fsp3) is 0.429. The number of ether oxygens (including phenoxy) is 2. The zero-order valence-electron chi connectivity index (χ0n) is 12.5. The molecule has 0 aliphatic carbocycles. The van der Waals surface area contributed by atoms with E-state index in [0.717, 1.165) is 35.5 Å². The van der Waals surface area contributed by atoms with Gasteiger partial charge in [0.15, 0.2) is 11.5 Å². The lowest BCUT2D eigenvalue weighted by Gasteiger charge is -2.26. The minimum absolute atomic E-state index is 0. The molecule has 1 aromatic heterocycles. The average Bonchev–Trinajstić information content (AvgIpc) is 2.54. The Kier molecular flexibility index (Phi) is 5.42. The quantitative estimate of drug-likeness (QED) is 0.916. The molecule has 1 saturated heterocycles. The molecule has 0 spiro atoms. The normalized spacial score (nSPS) is 14.5. The summed E-state index contributed by atoms with van der Waals surface area (Å²) < 4.78 is 10.6. The number of rotatable bonds is 3. The van der Waals surface area contributed by atoms with Crippen molar-refractivity contribution in [2.75, 3.05) is 49.4 Å². The zero-order chi connectivity index (χ0) is 14.8. The number of fused-ring (bicyclic) bond motifs is 1. The van der Waals surface area contributed by atoms with Crippen LogP contribution >= 0.6 is 24.2 Å². The smallest absolute Gasteiger partial charge is 0.227 e. The van der Waals surface area contributed by atoms with E-state index >= 15 is 0 Å². The maximum atomic E-state index is 6.10. The Morgan fingerprint density at radius 1 is 1.09 bits per heavy atom. The van der Waals surface area contributed by atoms with Crippen LogP contribution in [-0.2, 0) is 0 Å². The summed E-state index contributed by atoms with van der Waals surface area (Å²) in [5.74, 6) is 4.60. The van der Waals surface area contributed by atoms with E-state index in [4.69, 9.17) is 15.2 Å². The Hall–Kier alpha value is -1.60. The highest BCUT2D eigenvalue weighted by molar-refractivity contribution is 7.99. The lowest BCUT2D eigenvalue weighted by Crippen LogP contribution is -2.34. The van der Waals surface area contributed by atoms with Gasteiger partial charge in [-0.2, -0.15) is 16.7 Å². The van der Waals surface area contributed by atoms with Gasteiger partial charge in [0.25, 0.3) is 0 Å². The molecular formula is C14H19ClN4O2S. The number of methoxy groups -OCH3 is 2. The Bertz CT molecular complexity index is 665. The van der Waals surface area contributed by atoms with E-state index < -0.39 is 0 Å². The van der Waals surface area contributed by atoms with E-state index in [2.05, 4.69) is 14.9 Å². The van der Waals surface area contributed by atoms with Crippen molar-refractivity contribution in [1.29, 1.82) is 0 Å². The van der Waals surface area contributed by atoms with Crippen LogP contribution in [0.15, 0.2) is 12.1 Å². The van der Waals surface area contributed by atoms with Crippen molar-refractivity contribution in [2.24, 2.45) is 0 Å². The molecular weight excluding hydrogens is 324 g/mol. The van der Waals surface area contributed by atoms with Gasteiger partial charge in [0, 0.05) is 36.0 Å². The third-order valence-electron chi connectivity index (χ3n) is 3.51. The molecule has 0 atom stereocenters. The van der Waals surface area contributed by atoms with Crippen LogP contribution in [-0.4, -0.2) is 48.8 Å². The number of nitrogens with zero attached hydrogens (tertiary/aromatic N) is 3. The molecule has 2 aromatic rings. The predicted molar refractivity (Wildman–Crippen MR) is 93.8 cm³/mol. The minimum atomic E-state index is 0. The summed E-state index contributed by atoms with van der Waals surface area (Å²) in [4.78, 5) is 11.2. The molecule has 0 unspecified atom stereocenters. The molecule has 0 bridgehead atoms. The Morgan fingerprint density at radius 2 is 1.73 bits per heavy atom.